The number of hydrogen-bond acceptors (Lipinski definition) is 5. The number of carbonyl (C=O) groups excluding carboxylic acids is 1. The maximum atomic E-state index is 14.6. The van der Waals surface area contributed by atoms with E-state index in [1.807, 2.05) is 35.0 Å². The minimum absolute atomic E-state index is 0.0648. The van der Waals surface area contributed by atoms with Gasteiger partial charge in [-0.15, -0.1) is 0 Å². The number of rotatable bonds is 7. The number of fused-ring (bicyclic) bond motifs is 3. The van der Waals surface area contributed by atoms with E-state index in [2.05, 4.69) is 0 Å². The molecule has 3 heterocycles. The van der Waals surface area contributed by atoms with Crippen LogP contribution in [-0.2, 0) is 14.3 Å². The number of methoxy groups -OCH3 is 2. The van der Waals surface area contributed by atoms with Crippen molar-refractivity contribution in [2.75, 3.05) is 27.3 Å². The summed E-state index contributed by atoms with van der Waals surface area (Å²) in [6.45, 7) is 1.03. The third-order valence-corrected chi connectivity index (χ3v) is 7.45. The molecule has 1 amide bonds. The van der Waals surface area contributed by atoms with E-state index in [-0.39, 0.29) is 24.7 Å². The molecular formula is C29H31FN2O6. The summed E-state index contributed by atoms with van der Waals surface area (Å²) in [6, 6.07) is 13.8. The second-order valence-electron chi connectivity index (χ2n) is 9.72. The Bertz CT molecular complexity index is 1330. The fourth-order valence-electron chi connectivity index (χ4n) is 5.57. The minimum atomic E-state index is -0.808. The van der Waals surface area contributed by atoms with Crippen molar-refractivity contribution in [3.05, 3.63) is 77.4 Å². The number of carboxylic acids is 1. The van der Waals surface area contributed by atoms with Crippen LogP contribution in [-0.4, -0.2) is 53.8 Å². The first-order chi connectivity index (χ1) is 18.4. The number of aromatic nitrogens is 1. The SMILES string of the molecule is COc1cccc([C@@H]2O[C@@H](CC(=O)N3CCC(CC(=O)O)CC3)c3cccn3-c3ccc(F)cc32)c1OC. The van der Waals surface area contributed by atoms with Gasteiger partial charge < -0.3 is 28.8 Å². The maximum absolute atomic E-state index is 14.6. The lowest BCUT2D eigenvalue weighted by molar-refractivity contribution is -0.139. The first kappa shape index (κ1) is 25.8. The van der Waals surface area contributed by atoms with Crippen LogP contribution in [0.1, 0.15) is 54.7 Å². The molecule has 200 valence electrons. The molecule has 0 unspecified atom stereocenters. The number of carboxylic acid groups (broad SMARTS) is 1. The largest absolute Gasteiger partial charge is 0.493 e. The smallest absolute Gasteiger partial charge is 0.303 e. The van der Waals surface area contributed by atoms with Crippen molar-refractivity contribution < 1.29 is 33.3 Å². The molecule has 8 nitrogen and oxygen atoms in total. The third-order valence-electron chi connectivity index (χ3n) is 7.45. The lowest BCUT2D eigenvalue weighted by Gasteiger charge is -2.33. The Labute approximate surface area is 220 Å². The van der Waals surface area contributed by atoms with E-state index >= 15 is 0 Å². The van der Waals surface area contributed by atoms with Gasteiger partial charge in [0.1, 0.15) is 18.0 Å². The van der Waals surface area contributed by atoms with Gasteiger partial charge >= 0.3 is 5.97 Å². The molecule has 1 N–H and O–H groups in total. The molecule has 3 aromatic rings. The minimum Gasteiger partial charge on any atom is -0.493 e. The second-order valence-corrected chi connectivity index (χ2v) is 9.72. The van der Waals surface area contributed by atoms with Gasteiger partial charge in [-0.3, -0.25) is 9.59 Å². The van der Waals surface area contributed by atoms with Gasteiger partial charge in [0.15, 0.2) is 11.5 Å². The number of amides is 1. The third kappa shape index (κ3) is 4.98. The molecule has 0 saturated carbocycles. The molecule has 9 heteroatoms. The lowest BCUT2D eigenvalue weighted by atomic mass is 9.93. The molecule has 1 aromatic heterocycles. The Kier molecular flexibility index (Phi) is 7.37. The van der Waals surface area contributed by atoms with Crippen LogP contribution in [0.2, 0.25) is 0 Å². The molecule has 5 rings (SSSR count). The summed E-state index contributed by atoms with van der Waals surface area (Å²) < 4.78 is 34.4. The average Bonchev–Trinajstić information content (AvgIpc) is 3.36. The zero-order chi connectivity index (χ0) is 26.8. The zero-order valence-corrected chi connectivity index (χ0v) is 21.4. The number of piperidine rings is 1. The van der Waals surface area contributed by atoms with Gasteiger partial charge in [-0.25, -0.2) is 4.39 Å². The van der Waals surface area contributed by atoms with Gasteiger partial charge in [0.05, 0.1) is 32.0 Å². The van der Waals surface area contributed by atoms with Gasteiger partial charge in [0.25, 0.3) is 0 Å². The van der Waals surface area contributed by atoms with E-state index in [1.54, 1.807) is 31.3 Å². The summed E-state index contributed by atoms with van der Waals surface area (Å²) in [5.74, 6) is -0.189. The van der Waals surface area contributed by atoms with Gasteiger partial charge in [-0.2, -0.15) is 0 Å². The Morgan fingerprint density at radius 1 is 1.03 bits per heavy atom. The fourth-order valence-corrected chi connectivity index (χ4v) is 5.57. The molecular weight excluding hydrogens is 491 g/mol. The molecule has 2 aliphatic heterocycles. The molecule has 1 fully saturated rings. The fraction of sp³-hybridized carbons (Fsp3) is 0.379. The Hall–Kier alpha value is -3.85. The lowest BCUT2D eigenvalue weighted by Crippen LogP contribution is -2.39. The number of benzene rings is 2. The van der Waals surface area contributed by atoms with Crippen LogP contribution in [0, 0.1) is 11.7 Å². The van der Waals surface area contributed by atoms with E-state index in [0.717, 1.165) is 11.4 Å². The maximum Gasteiger partial charge on any atom is 0.303 e. The predicted octanol–water partition coefficient (Wildman–Crippen LogP) is 4.90. The molecule has 2 aromatic carbocycles. The first-order valence-electron chi connectivity index (χ1n) is 12.7. The highest BCUT2D eigenvalue weighted by atomic mass is 19.1. The highest BCUT2D eigenvalue weighted by Crippen LogP contribution is 2.46. The van der Waals surface area contributed by atoms with Crippen LogP contribution in [0.3, 0.4) is 0 Å². The van der Waals surface area contributed by atoms with Crippen molar-refractivity contribution in [2.45, 2.75) is 37.9 Å². The van der Waals surface area contributed by atoms with Crippen LogP contribution in [0.5, 0.6) is 11.5 Å². The monoisotopic (exact) mass is 522 g/mol. The number of aliphatic carboxylic acids is 1. The topological polar surface area (TPSA) is 90.2 Å². The number of hydrogen-bond donors (Lipinski definition) is 1. The van der Waals surface area contributed by atoms with E-state index < -0.39 is 24.0 Å². The molecule has 1 saturated heterocycles. The second kappa shape index (κ2) is 10.9. The molecule has 0 aliphatic carbocycles. The number of nitrogens with zero attached hydrogens (tertiary/aromatic N) is 2. The van der Waals surface area contributed by atoms with Crippen molar-refractivity contribution in [2.24, 2.45) is 5.92 Å². The van der Waals surface area contributed by atoms with Crippen molar-refractivity contribution in [1.29, 1.82) is 0 Å². The highest BCUT2D eigenvalue weighted by Gasteiger charge is 2.35. The molecule has 0 spiro atoms. The Morgan fingerprint density at radius 3 is 2.53 bits per heavy atom. The quantitative estimate of drug-likeness (QED) is 0.475. The molecule has 2 aliphatic rings. The van der Waals surface area contributed by atoms with Crippen LogP contribution in [0.4, 0.5) is 4.39 Å². The Balaban J connectivity index is 1.49. The normalized spacial score (nSPS) is 19.3. The number of carbonyl (C=O) groups is 2. The number of likely N-dealkylation sites (tertiary alicyclic amines) is 1. The van der Waals surface area contributed by atoms with Crippen molar-refractivity contribution in [3.8, 4) is 17.2 Å². The number of halogens is 1. The van der Waals surface area contributed by atoms with Gasteiger partial charge in [-0.05, 0) is 55.2 Å². The van der Waals surface area contributed by atoms with Crippen molar-refractivity contribution >= 4 is 11.9 Å². The molecule has 0 radical (unpaired) electrons. The summed E-state index contributed by atoms with van der Waals surface area (Å²) in [6.07, 6.45) is 2.07. The van der Waals surface area contributed by atoms with Gasteiger partial charge in [0, 0.05) is 36.8 Å². The van der Waals surface area contributed by atoms with E-state index in [0.29, 0.717) is 48.6 Å². The number of para-hydroxylation sites is 1. The summed E-state index contributed by atoms with van der Waals surface area (Å²) in [5.41, 5.74) is 2.82. The van der Waals surface area contributed by atoms with Crippen LogP contribution >= 0.6 is 0 Å². The Morgan fingerprint density at radius 2 is 1.82 bits per heavy atom. The van der Waals surface area contributed by atoms with Crippen molar-refractivity contribution in [1.82, 2.24) is 9.47 Å². The first-order valence-corrected chi connectivity index (χ1v) is 12.7. The van der Waals surface area contributed by atoms with Crippen LogP contribution in [0.25, 0.3) is 5.69 Å². The molecule has 2 atom stereocenters. The summed E-state index contributed by atoms with van der Waals surface area (Å²) in [5, 5.41) is 9.10. The summed E-state index contributed by atoms with van der Waals surface area (Å²) in [4.78, 5) is 26.3. The molecule has 0 bridgehead atoms. The molecule has 38 heavy (non-hydrogen) atoms. The number of ether oxygens (including phenoxy) is 3. The van der Waals surface area contributed by atoms with E-state index in [1.165, 1.54) is 12.1 Å². The highest BCUT2D eigenvalue weighted by molar-refractivity contribution is 5.77. The standard InChI is InChI=1S/C29H31FN2O6/c1-36-24-7-3-5-20(29(24)37-2)28-21-16-19(30)8-9-22(21)32-12-4-6-23(32)25(38-28)17-26(33)31-13-10-18(11-14-31)15-27(34)35/h3-9,12,16,18,25,28H,10-11,13-15,17H2,1-2H3,(H,34,35)/t25-,28-/m0/s1. The van der Waals surface area contributed by atoms with Crippen LogP contribution < -0.4 is 9.47 Å². The van der Waals surface area contributed by atoms with E-state index in [9.17, 15) is 14.0 Å². The van der Waals surface area contributed by atoms with Gasteiger partial charge in [-0.1, -0.05) is 12.1 Å². The van der Waals surface area contributed by atoms with E-state index in [4.69, 9.17) is 19.3 Å². The predicted molar refractivity (Wildman–Crippen MR) is 137 cm³/mol. The summed E-state index contributed by atoms with van der Waals surface area (Å²) >= 11 is 0. The van der Waals surface area contributed by atoms with Crippen LogP contribution in [0.15, 0.2) is 54.7 Å². The summed E-state index contributed by atoms with van der Waals surface area (Å²) in [7, 11) is 3.10. The van der Waals surface area contributed by atoms with Gasteiger partial charge in [0.2, 0.25) is 5.91 Å². The van der Waals surface area contributed by atoms with Crippen molar-refractivity contribution in [3.63, 3.8) is 0 Å². The average molecular weight is 523 g/mol. The zero-order valence-electron chi connectivity index (χ0n) is 21.4.